The van der Waals surface area contributed by atoms with Crippen molar-refractivity contribution < 1.29 is 23.1 Å². The fourth-order valence-electron chi connectivity index (χ4n) is 3.78. The smallest absolute Gasteiger partial charge is 0.269 e. The first kappa shape index (κ1) is 24.3. The number of nitrogens with one attached hydrogen (secondary N) is 1. The Morgan fingerprint density at radius 2 is 1.88 bits per heavy atom. The molecule has 3 rings (SSSR count). The molecule has 0 fully saturated rings. The molecule has 1 unspecified atom stereocenters. The topological polar surface area (TPSA) is 97.0 Å². The van der Waals surface area contributed by atoms with E-state index in [4.69, 9.17) is 10.5 Å². The summed E-state index contributed by atoms with van der Waals surface area (Å²) in [5.41, 5.74) is 4.70. The van der Waals surface area contributed by atoms with Crippen molar-refractivity contribution in [3.05, 3.63) is 71.3 Å². The molecule has 2 aromatic carbocycles. The molecular formula is C24H28F2N4O3. The summed E-state index contributed by atoms with van der Waals surface area (Å²) in [7, 11) is 0. The molecule has 0 spiro atoms. The van der Waals surface area contributed by atoms with E-state index in [0.717, 1.165) is 23.2 Å². The van der Waals surface area contributed by atoms with E-state index in [9.17, 15) is 18.4 Å². The van der Waals surface area contributed by atoms with Gasteiger partial charge >= 0.3 is 0 Å². The molecule has 1 aliphatic heterocycles. The van der Waals surface area contributed by atoms with Gasteiger partial charge in [-0.2, -0.15) is 5.01 Å². The number of hydrazone groups is 1. The standard InChI is InChI=1S/C24H28F2N4O3/c1-15(2)21(28-16(3)31)23(32)30-24(12-7-13-27,17-8-5-4-6-9-17)33-22(29-30)19-14-18(25)10-11-20(19)26/h4-6,8-11,14-15,21H,7,12-13,27H2,1-3H3,(H,28,31)/t21?,24-/m0/s1. The minimum absolute atomic E-state index is 0.209. The monoisotopic (exact) mass is 458 g/mol. The Labute approximate surface area is 191 Å². The van der Waals surface area contributed by atoms with Crippen LogP contribution in [0.25, 0.3) is 0 Å². The van der Waals surface area contributed by atoms with Crippen LogP contribution in [0.1, 0.15) is 44.7 Å². The molecule has 1 heterocycles. The van der Waals surface area contributed by atoms with Crippen LogP contribution in [-0.4, -0.2) is 35.3 Å². The van der Waals surface area contributed by atoms with Crippen LogP contribution in [0.2, 0.25) is 0 Å². The molecule has 33 heavy (non-hydrogen) atoms. The lowest BCUT2D eigenvalue weighted by atomic mass is 9.94. The molecule has 0 saturated carbocycles. The summed E-state index contributed by atoms with van der Waals surface area (Å²) in [6.07, 6.45) is 0.702. The average Bonchev–Trinajstić information content (AvgIpc) is 3.18. The highest BCUT2D eigenvalue weighted by molar-refractivity contribution is 5.98. The van der Waals surface area contributed by atoms with Gasteiger partial charge in [-0.15, -0.1) is 5.10 Å². The van der Waals surface area contributed by atoms with Crippen molar-refractivity contribution in [2.24, 2.45) is 16.8 Å². The number of benzene rings is 2. The molecular weight excluding hydrogens is 430 g/mol. The Bertz CT molecular complexity index is 1050. The second-order valence-electron chi connectivity index (χ2n) is 8.25. The van der Waals surface area contributed by atoms with Crippen molar-refractivity contribution in [2.75, 3.05) is 6.54 Å². The van der Waals surface area contributed by atoms with E-state index in [0.29, 0.717) is 18.5 Å². The number of nitrogens with two attached hydrogens (primary N) is 1. The Hall–Kier alpha value is -3.33. The van der Waals surface area contributed by atoms with Gasteiger partial charge in [-0.1, -0.05) is 44.2 Å². The highest BCUT2D eigenvalue weighted by Gasteiger charge is 2.51. The van der Waals surface area contributed by atoms with E-state index in [-0.39, 0.29) is 29.7 Å². The molecule has 2 aromatic rings. The van der Waals surface area contributed by atoms with Gasteiger partial charge in [0.15, 0.2) is 0 Å². The van der Waals surface area contributed by atoms with Crippen molar-refractivity contribution in [2.45, 2.75) is 45.4 Å². The van der Waals surface area contributed by atoms with Gasteiger partial charge in [-0.05, 0) is 37.1 Å². The fraction of sp³-hybridized carbons (Fsp3) is 0.375. The SMILES string of the molecule is CC(=O)NC(C(=O)N1N=C(c2cc(F)ccc2F)O[C@@]1(CCCN)c1ccccc1)C(C)C. The molecule has 0 saturated heterocycles. The number of ether oxygens (including phenoxy) is 1. The van der Waals surface area contributed by atoms with Crippen LogP contribution in [0.15, 0.2) is 53.6 Å². The fourth-order valence-corrected chi connectivity index (χ4v) is 3.78. The summed E-state index contributed by atoms with van der Waals surface area (Å²) in [6, 6.07) is 10.9. The van der Waals surface area contributed by atoms with Gasteiger partial charge in [0, 0.05) is 18.9 Å². The first-order valence-electron chi connectivity index (χ1n) is 10.8. The van der Waals surface area contributed by atoms with Crippen molar-refractivity contribution >= 4 is 17.7 Å². The third-order valence-electron chi connectivity index (χ3n) is 5.40. The first-order valence-corrected chi connectivity index (χ1v) is 10.8. The zero-order valence-corrected chi connectivity index (χ0v) is 18.8. The van der Waals surface area contributed by atoms with E-state index in [1.807, 2.05) is 6.07 Å². The minimum atomic E-state index is -1.45. The molecule has 176 valence electrons. The number of carbonyl (C=O) groups is 2. The van der Waals surface area contributed by atoms with E-state index in [1.54, 1.807) is 38.1 Å². The molecule has 0 bridgehead atoms. The van der Waals surface area contributed by atoms with Gasteiger partial charge in [0.25, 0.3) is 5.91 Å². The molecule has 2 atom stereocenters. The van der Waals surface area contributed by atoms with Crippen LogP contribution < -0.4 is 11.1 Å². The Morgan fingerprint density at radius 3 is 2.48 bits per heavy atom. The Kier molecular flexibility index (Phi) is 7.43. The van der Waals surface area contributed by atoms with E-state index < -0.39 is 29.3 Å². The third kappa shape index (κ3) is 5.03. The van der Waals surface area contributed by atoms with Crippen LogP contribution in [0.4, 0.5) is 8.78 Å². The highest BCUT2D eigenvalue weighted by atomic mass is 19.1. The number of rotatable bonds is 8. The van der Waals surface area contributed by atoms with Crippen LogP contribution in [0.5, 0.6) is 0 Å². The number of carbonyl (C=O) groups excluding carboxylic acids is 2. The van der Waals surface area contributed by atoms with Crippen LogP contribution >= 0.6 is 0 Å². The zero-order valence-electron chi connectivity index (χ0n) is 18.8. The largest absolute Gasteiger partial charge is 0.443 e. The average molecular weight is 459 g/mol. The van der Waals surface area contributed by atoms with E-state index in [2.05, 4.69) is 10.4 Å². The molecule has 0 radical (unpaired) electrons. The Balaban J connectivity index is 2.18. The van der Waals surface area contributed by atoms with Crippen molar-refractivity contribution in [1.29, 1.82) is 0 Å². The predicted octanol–water partition coefficient (Wildman–Crippen LogP) is 3.24. The van der Waals surface area contributed by atoms with E-state index >= 15 is 0 Å². The molecule has 3 N–H and O–H groups in total. The summed E-state index contributed by atoms with van der Waals surface area (Å²) >= 11 is 0. The summed E-state index contributed by atoms with van der Waals surface area (Å²) in [5, 5.41) is 8.13. The van der Waals surface area contributed by atoms with Gasteiger partial charge in [0.1, 0.15) is 17.7 Å². The van der Waals surface area contributed by atoms with Crippen molar-refractivity contribution in [3.63, 3.8) is 0 Å². The number of halogens is 2. The van der Waals surface area contributed by atoms with Crippen LogP contribution in [-0.2, 0) is 20.1 Å². The number of amides is 2. The third-order valence-corrected chi connectivity index (χ3v) is 5.40. The molecule has 0 aromatic heterocycles. The van der Waals surface area contributed by atoms with Gasteiger partial charge < -0.3 is 15.8 Å². The quantitative estimate of drug-likeness (QED) is 0.635. The summed E-state index contributed by atoms with van der Waals surface area (Å²) < 4.78 is 34.7. The molecule has 7 nitrogen and oxygen atoms in total. The lowest BCUT2D eigenvalue weighted by Gasteiger charge is -2.37. The number of hydrogen-bond donors (Lipinski definition) is 2. The maximum Gasteiger partial charge on any atom is 0.269 e. The normalized spacial score (nSPS) is 18.6. The van der Waals surface area contributed by atoms with Crippen molar-refractivity contribution in [1.82, 2.24) is 10.3 Å². The molecule has 0 aliphatic carbocycles. The van der Waals surface area contributed by atoms with Crippen molar-refractivity contribution in [3.8, 4) is 0 Å². The number of hydrogen-bond acceptors (Lipinski definition) is 5. The first-order chi connectivity index (χ1) is 15.7. The molecule has 2 amide bonds. The second kappa shape index (κ2) is 10.1. The zero-order chi connectivity index (χ0) is 24.2. The van der Waals surface area contributed by atoms with Gasteiger partial charge in [-0.25, -0.2) is 8.78 Å². The highest BCUT2D eigenvalue weighted by Crippen LogP contribution is 2.41. The summed E-state index contributed by atoms with van der Waals surface area (Å²) in [6.45, 7) is 5.20. The summed E-state index contributed by atoms with van der Waals surface area (Å²) in [4.78, 5) is 25.5. The second-order valence-corrected chi connectivity index (χ2v) is 8.25. The van der Waals surface area contributed by atoms with E-state index in [1.165, 1.54) is 6.92 Å². The predicted molar refractivity (Wildman–Crippen MR) is 120 cm³/mol. The van der Waals surface area contributed by atoms with Gasteiger partial charge in [-0.3, -0.25) is 9.59 Å². The maximum atomic E-state index is 14.6. The van der Waals surface area contributed by atoms with Crippen LogP contribution in [0, 0.1) is 17.6 Å². The Morgan fingerprint density at radius 1 is 1.18 bits per heavy atom. The number of nitrogens with zero attached hydrogens (tertiary/aromatic N) is 2. The lowest BCUT2D eigenvalue weighted by Crippen LogP contribution is -2.54. The molecule has 9 heteroatoms. The minimum Gasteiger partial charge on any atom is -0.443 e. The van der Waals surface area contributed by atoms with Gasteiger partial charge in [0.2, 0.25) is 17.5 Å². The summed E-state index contributed by atoms with van der Waals surface area (Å²) in [5.74, 6) is -2.83. The molecule has 1 aliphatic rings. The van der Waals surface area contributed by atoms with Gasteiger partial charge in [0.05, 0.1) is 5.56 Å². The maximum absolute atomic E-state index is 14.6. The van der Waals surface area contributed by atoms with Crippen LogP contribution in [0.3, 0.4) is 0 Å². The lowest BCUT2D eigenvalue weighted by molar-refractivity contribution is -0.157.